The summed E-state index contributed by atoms with van der Waals surface area (Å²) in [5.74, 6) is 0.112. The second kappa shape index (κ2) is 9.48. The highest BCUT2D eigenvalue weighted by Crippen LogP contribution is 2.39. The highest BCUT2D eigenvalue weighted by Gasteiger charge is 2.24. The van der Waals surface area contributed by atoms with Crippen molar-refractivity contribution in [2.75, 3.05) is 5.32 Å². The molecule has 0 radical (unpaired) electrons. The molecule has 31 heavy (non-hydrogen) atoms. The van der Waals surface area contributed by atoms with Gasteiger partial charge in [-0.15, -0.1) is 11.3 Å². The number of aryl methyl sites for hydroxylation is 3. The van der Waals surface area contributed by atoms with E-state index in [-0.39, 0.29) is 11.7 Å². The lowest BCUT2D eigenvalue weighted by molar-refractivity contribution is 0.102. The number of hydrogen-bond acceptors (Lipinski definition) is 4. The van der Waals surface area contributed by atoms with Gasteiger partial charge in [0.25, 0.3) is 5.91 Å². The van der Waals surface area contributed by atoms with Crippen molar-refractivity contribution in [1.29, 1.82) is 0 Å². The van der Waals surface area contributed by atoms with Crippen LogP contribution < -0.4 is 5.32 Å². The van der Waals surface area contributed by atoms with Crippen molar-refractivity contribution in [3.63, 3.8) is 0 Å². The van der Waals surface area contributed by atoms with Gasteiger partial charge in [-0.05, 0) is 86.1 Å². The van der Waals surface area contributed by atoms with Gasteiger partial charge < -0.3 is 10.4 Å². The number of nitrogens with zero attached hydrogens (tertiary/aromatic N) is 1. The van der Waals surface area contributed by atoms with Crippen molar-refractivity contribution in [2.45, 2.75) is 52.4 Å². The van der Waals surface area contributed by atoms with Crippen LogP contribution in [0.4, 0.5) is 10.7 Å². The number of aliphatic imine (C=N–C) groups is 1. The first kappa shape index (κ1) is 21.3. The largest absolute Gasteiger partial charge is 0.508 e. The van der Waals surface area contributed by atoms with Crippen LogP contribution >= 0.6 is 11.3 Å². The minimum atomic E-state index is -0.0915. The summed E-state index contributed by atoms with van der Waals surface area (Å²) in [6.45, 7) is 4.07. The first-order valence-corrected chi connectivity index (χ1v) is 11.7. The molecule has 3 aromatic rings. The Morgan fingerprint density at radius 3 is 2.52 bits per heavy atom. The van der Waals surface area contributed by atoms with Crippen LogP contribution in [0.5, 0.6) is 5.75 Å². The summed E-state index contributed by atoms with van der Waals surface area (Å²) in [5.41, 5.74) is 5.74. The lowest BCUT2D eigenvalue weighted by atomic mass is 9.96. The molecule has 1 aliphatic carbocycles. The van der Waals surface area contributed by atoms with E-state index in [1.165, 1.54) is 17.7 Å². The molecule has 4 nitrogen and oxygen atoms in total. The number of aromatic hydroxyl groups is 1. The SMILES string of the molecule is Cc1cc(C)cc(NC(=O)c2c(N=Cc3cccc(O)c3)sc3c2CCCCCC3)c1. The van der Waals surface area contributed by atoms with Gasteiger partial charge in [0.15, 0.2) is 0 Å². The topological polar surface area (TPSA) is 61.7 Å². The fourth-order valence-electron chi connectivity index (χ4n) is 4.21. The Balaban J connectivity index is 1.71. The highest BCUT2D eigenvalue weighted by atomic mass is 32.1. The van der Waals surface area contributed by atoms with Crippen LogP contribution in [-0.2, 0) is 12.8 Å². The summed E-state index contributed by atoms with van der Waals surface area (Å²) in [4.78, 5) is 19.4. The number of hydrogen-bond donors (Lipinski definition) is 2. The highest BCUT2D eigenvalue weighted by molar-refractivity contribution is 7.16. The Hall–Kier alpha value is -2.92. The average Bonchev–Trinajstić information content (AvgIpc) is 3.02. The van der Waals surface area contributed by atoms with Gasteiger partial charge in [0.1, 0.15) is 10.8 Å². The van der Waals surface area contributed by atoms with E-state index in [4.69, 9.17) is 4.99 Å². The summed E-state index contributed by atoms with van der Waals surface area (Å²) in [7, 11) is 0. The minimum Gasteiger partial charge on any atom is -0.508 e. The fraction of sp³-hybridized carbons (Fsp3) is 0.308. The molecule has 0 atom stereocenters. The number of thiophene rings is 1. The Kier molecular flexibility index (Phi) is 6.52. The van der Waals surface area contributed by atoms with E-state index in [0.29, 0.717) is 5.56 Å². The van der Waals surface area contributed by atoms with Gasteiger partial charge >= 0.3 is 0 Å². The van der Waals surface area contributed by atoms with Gasteiger partial charge in [-0.1, -0.05) is 31.0 Å². The molecule has 0 unspecified atom stereocenters. The van der Waals surface area contributed by atoms with Crippen molar-refractivity contribution in [3.05, 3.63) is 75.2 Å². The lowest BCUT2D eigenvalue weighted by Gasteiger charge is -2.12. The van der Waals surface area contributed by atoms with Gasteiger partial charge in [0.05, 0.1) is 5.56 Å². The molecule has 0 fully saturated rings. The molecule has 1 aliphatic rings. The number of carbonyl (C=O) groups excluding carboxylic acids is 1. The number of phenols is 1. The Bertz CT molecular complexity index is 1110. The van der Waals surface area contributed by atoms with E-state index in [1.807, 2.05) is 32.0 Å². The van der Waals surface area contributed by atoms with Crippen LogP contribution in [0.1, 0.15) is 63.2 Å². The lowest BCUT2D eigenvalue weighted by Crippen LogP contribution is -2.14. The van der Waals surface area contributed by atoms with E-state index >= 15 is 0 Å². The summed E-state index contributed by atoms with van der Waals surface area (Å²) in [6.07, 6.45) is 8.35. The van der Waals surface area contributed by atoms with Crippen LogP contribution in [0.2, 0.25) is 0 Å². The molecular formula is C26H28N2O2S. The van der Waals surface area contributed by atoms with Crippen molar-refractivity contribution in [1.82, 2.24) is 0 Å². The van der Waals surface area contributed by atoms with Crippen molar-refractivity contribution in [2.24, 2.45) is 4.99 Å². The smallest absolute Gasteiger partial charge is 0.259 e. The van der Waals surface area contributed by atoms with E-state index in [0.717, 1.165) is 58.6 Å². The maximum Gasteiger partial charge on any atom is 0.259 e. The van der Waals surface area contributed by atoms with Crippen molar-refractivity contribution in [3.8, 4) is 5.75 Å². The molecule has 0 spiro atoms. The molecule has 160 valence electrons. The van der Waals surface area contributed by atoms with Crippen LogP contribution in [0.15, 0.2) is 47.5 Å². The van der Waals surface area contributed by atoms with Gasteiger partial charge in [0, 0.05) is 16.8 Å². The Labute approximate surface area is 187 Å². The number of carbonyl (C=O) groups is 1. The molecule has 5 heteroatoms. The average molecular weight is 433 g/mol. The second-order valence-electron chi connectivity index (χ2n) is 8.28. The van der Waals surface area contributed by atoms with Gasteiger partial charge in [-0.3, -0.25) is 4.79 Å². The van der Waals surface area contributed by atoms with E-state index < -0.39 is 0 Å². The zero-order valence-corrected chi connectivity index (χ0v) is 18.9. The normalized spacial score (nSPS) is 14.1. The van der Waals surface area contributed by atoms with Crippen LogP contribution in [-0.4, -0.2) is 17.2 Å². The molecule has 0 saturated heterocycles. The Morgan fingerprint density at radius 1 is 1.03 bits per heavy atom. The van der Waals surface area contributed by atoms with E-state index in [9.17, 15) is 9.90 Å². The predicted molar refractivity (Wildman–Crippen MR) is 129 cm³/mol. The van der Waals surface area contributed by atoms with Gasteiger partial charge in [-0.2, -0.15) is 0 Å². The number of rotatable bonds is 4. The molecule has 0 saturated carbocycles. The molecule has 2 aromatic carbocycles. The second-order valence-corrected chi connectivity index (χ2v) is 9.37. The number of amides is 1. The standard InChI is InChI=1S/C26H28N2O2S/c1-17-12-18(2)14-20(13-17)28-25(30)24-22-10-5-3-4-6-11-23(22)31-26(24)27-16-19-8-7-9-21(29)15-19/h7-9,12-16,29H,3-6,10-11H2,1-2H3,(H,28,30). The van der Waals surface area contributed by atoms with Crippen LogP contribution in [0.3, 0.4) is 0 Å². The molecule has 1 heterocycles. The number of benzene rings is 2. The monoisotopic (exact) mass is 432 g/mol. The summed E-state index contributed by atoms with van der Waals surface area (Å²) < 4.78 is 0. The van der Waals surface area contributed by atoms with Gasteiger partial charge in [0.2, 0.25) is 0 Å². The summed E-state index contributed by atoms with van der Waals surface area (Å²) >= 11 is 1.63. The number of anilines is 1. The summed E-state index contributed by atoms with van der Waals surface area (Å²) in [6, 6.07) is 13.1. The maximum atomic E-state index is 13.4. The summed E-state index contributed by atoms with van der Waals surface area (Å²) in [5, 5.41) is 13.6. The molecule has 4 rings (SSSR count). The maximum absolute atomic E-state index is 13.4. The van der Waals surface area contributed by atoms with Gasteiger partial charge in [-0.25, -0.2) is 4.99 Å². The number of nitrogens with one attached hydrogen (secondary N) is 1. The third-order valence-corrected chi connectivity index (χ3v) is 6.76. The molecule has 2 N–H and O–H groups in total. The van der Waals surface area contributed by atoms with Crippen molar-refractivity contribution >= 4 is 34.1 Å². The third-order valence-electron chi connectivity index (χ3n) is 5.56. The molecular weight excluding hydrogens is 404 g/mol. The molecule has 1 aromatic heterocycles. The Morgan fingerprint density at radius 2 is 1.77 bits per heavy atom. The first-order chi connectivity index (χ1) is 15.0. The van der Waals surface area contributed by atoms with E-state index in [2.05, 4.69) is 11.4 Å². The zero-order chi connectivity index (χ0) is 21.8. The quantitative estimate of drug-likeness (QED) is 0.449. The molecule has 0 aliphatic heterocycles. The number of fused-ring (bicyclic) bond motifs is 1. The minimum absolute atomic E-state index is 0.0915. The van der Waals surface area contributed by atoms with Crippen LogP contribution in [0, 0.1) is 13.8 Å². The predicted octanol–water partition coefficient (Wildman–Crippen LogP) is 6.73. The third kappa shape index (κ3) is 5.23. The first-order valence-electron chi connectivity index (χ1n) is 10.9. The fourth-order valence-corrected chi connectivity index (χ4v) is 5.44. The molecule has 0 bridgehead atoms. The van der Waals surface area contributed by atoms with Crippen molar-refractivity contribution < 1.29 is 9.90 Å². The molecule has 1 amide bonds. The zero-order valence-electron chi connectivity index (χ0n) is 18.1. The number of phenolic OH excluding ortho intramolecular Hbond substituents is 1. The van der Waals surface area contributed by atoms with Crippen LogP contribution in [0.25, 0.3) is 0 Å². The van der Waals surface area contributed by atoms with E-state index in [1.54, 1.807) is 35.8 Å².